The van der Waals surface area contributed by atoms with Crippen molar-refractivity contribution < 1.29 is 9.47 Å². The molecule has 1 aromatic carbocycles. The minimum atomic E-state index is 0.362. The van der Waals surface area contributed by atoms with E-state index in [1.807, 2.05) is 12.1 Å². The third-order valence-electron chi connectivity index (χ3n) is 3.86. The molecule has 0 unspecified atom stereocenters. The summed E-state index contributed by atoms with van der Waals surface area (Å²) in [5.41, 5.74) is 7.49. The maximum Gasteiger partial charge on any atom is 0.222 e. The van der Waals surface area contributed by atoms with Crippen molar-refractivity contribution in [3.8, 4) is 11.6 Å². The molecule has 0 bridgehead atoms. The number of nitrogens with zero attached hydrogens (tertiary/aromatic N) is 3. The number of benzene rings is 1. The molecule has 6 nitrogen and oxygen atoms in total. The SMILES string of the molecule is NCc1cc(Oc2cccc3c2ccn3C2COC2)ncn1. The molecule has 3 heterocycles. The Balaban J connectivity index is 1.70. The van der Waals surface area contributed by atoms with Crippen LogP contribution >= 0.6 is 0 Å². The molecule has 6 heteroatoms. The van der Waals surface area contributed by atoms with Crippen molar-refractivity contribution in [3.05, 3.63) is 48.5 Å². The first kappa shape index (κ1) is 13.2. The van der Waals surface area contributed by atoms with Gasteiger partial charge in [0.15, 0.2) is 0 Å². The van der Waals surface area contributed by atoms with Gasteiger partial charge in [0, 0.05) is 24.2 Å². The van der Waals surface area contributed by atoms with Gasteiger partial charge in [-0.25, -0.2) is 9.97 Å². The minimum Gasteiger partial charge on any atom is -0.438 e. The molecule has 0 atom stereocenters. The van der Waals surface area contributed by atoms with Gasteiger partial charge >= 0.3 is 0 Å². The Hall–Kier alpha value is -2.44. The van der Waals surface area contributed by atoms with Crippen LogP contribution in [0.2, 0.25) is 0 Å². The zero-order valence-corrected chi connectivity index (χ0v) is 12.0. The van der Waals surface area contributed by atoms with E-state index in [0.717, 1.165) is 35.6 Å². The number of hydrogen-bond acceptors (Lipinski definition) is 5. The summed E-state index contributed by atoms with van der Waals surface area (Å²) in [5, 5.41) is 1.06. The van der Waals surface area contributed by atoms with E-state index in [1.54, 1.807) is 6.07 Å². The molecule has 1 fully saturated rings. The number of fused-ring (bicyclic) bond motifs is 1. The van der Waals surface area contributed by atoms with Crippen LogP contribution in [0.3, 0.4) is 0 Å². The van der Waals surface area contributed by atoms with Crippen LogP contribution in [0.5, 0.6) is 11.6 Å². The highest BCUT2D eigenvalue weighted by molar-refractivity contribution is 5.86. The van der Waals surface area contributed by atoms with Crippen LogP contribution < -0.4 is 10.5 Å². The van der Waals surface area contributed by atoms with Crippen LogP contribution in [0, 0.1) is 0 Å². The zero-order chi connectivity index (χ0) is 14.9. The second kappa shape index (κ2) is 5.40. The molecule has 0 saturated carbocycles. The van der Waals surface area contributed by atoms with Crippen molar-refractivity contribution in [2.24, 2.45) is 5.73 Å². The number of hydrogen-bond donors (Lipinski definition) is 1. The van der Waals surface area contributed by atoms with E-state index in [9.17, 15) is 0 Å². The fourth-order valence-electron chi connectivity index (χ4n) is 2.61. The second-order valence-corrected chi connectivity index (χ2v) is 5.26. The maximum atomic E-state index is 5.93. The third-order valence-corrected chi connectivity index (χ3v) is 3.86. The summed E-state index contributed by atoms with van der Waals surface area (Å²) < 4.78 is 13.4. The van der Waals surface area contributed by atoms with Crippen LogP contribution in [0.4, 0.5) is 0 Å². The zero-order valence-electron chi connectivity index (χ0n) is 12.0. The summed E-state index contributed by atoms with van der Waals surface area (Å²) in [7, 11) is 0. The van der Waals surface area contributed by atoms with E-state index in [0.29, 0.717) is 18.5 Å². The molecule has 3 aromatic rings. The fourth-order valence-corrected chi connectivity index (χ4v) is 2.61. The van der Waals surface area contributed by atoms with Gasteiger partial charge in [0.2, 0.25) is 5.88 Å². The Morgan fingerprint density at radius 1 is 1.27 bits per heavy atom. The van der Waals surface area contributed by atoms with Crippen molar-refractivity contribution >= 4 is 10.9 Å². The molecule has 2 aromatic heterocycles. The van der Waals surface area contributed by atoms with Crippen LogP contribution in [-0.4, -0.2) is 27.7 Å². The predicted octanol–water partition coefficient (Wildman–Crippen LogP) is 2.25. The molecular weight excluding hydrogens is 280 g/mol. The molecule has 1 aliphatic heterocycles. The summed E-state index contributed by atoms with van der Waals surface area (Å²) in [4.78, 5) is 8.22. The van der Waals surface area contributed by atoms with E-state index < -0.39 is 0 Å². The molecule has 4 rings (SSSR count). The lowest BCUT2D eigenvalue weighted by Gasteiger charge is -2.28. The number of ether oxygens (including phenoxy) is 2. The summed E-state index contributed by atoms with van der Waals surface area (Å²) >= 11 is 0. The van der Waals surface area contributed by atoms with Crippen LogP contribution in [-0.2, 0) is 11.3 Å². The largest absolute Gasteiger partial charge is 0.438 e. The maximum absolute atomic E-state index is 5.93. The van der Waals surface area contributed by atoms with Gasteiger partial charge in [-0.1, -0.05) is 6.07 Å². The second-order valence-electron chi connectivity index (χ2n) is 5.26. The molecule has 2 N–H and O–H groups in total. The van der Waals surface area contributed by atoms with Gasteiger partial charge in [-0.2, -0.15) is 0 Å². The van der Waals surface area contributed by atoms with Crippen LogP contribution in [0.15, 0.2) is 42.9 Å². The van der Waals surface area contributed by atoms with Gasteiger partial charge < -0.3 is 19.8 Å². The van der Waals surface area contributed by atoms with Gasteiger partial charge in [0.05, 0.1) is 30.5 Å². The molecular formula is C16H16N4O2. The van der Waals surface area contributed by atoms with Gasteiger partial charge in [-0.3, -0.25) is 0 Å². The first-order valence-electron chi connectivity index (χ1n) is 7.21. The normalized spacial score (nSPS) is 15.0. The van der Waals surface area contributed by atoms with Crippen LogP contribution in [0.1, 0.15) is 11.7 Å². The molecule has 0 radical (unpaired) electrons. The number of aromatic nitrogens is 3. The van der Waals surface area contributed by atoms with E-state index in [1.165, 1.54) is 6.33 Å². The third kappa shape index (κ3) is 2.22. The Morgan fingerprint density at radius 3 is 2.95 bits per heavy atom. The number of nitrogens with two attached hydrogens (primary N) is 1. The molecule has 0 spiro atoms. The van der Waals surface area contributed by atoms with Crippen molar-refractivity contribution in [2.75, 3.05) is 13.2 Å². The van der Waals surface area contributed by atoms with E-state index in [4.69, 9.17) is 15.2 Å². The summed E-state index contributed by atoms with van der Waals surface area (Å²) in [6.45, 7) is 1.89. The lowest BCUT2D eigenvalue weighted by atomic mass is 10.2. The van der Waals surface area contributed by atoms with Crippen molar-refractivity contribution in [3.63, 3.8) is 0 Å². The highest BCUT2D eigenvalue weighted by Crippen LogP contribution is 2.32. The fraction of sp³-hybridized carbons (Fsp3) is 0.250. The summed E-state index contributed by atoms with van der Waals surface area (Å²) in [5.74, 6) is 1.28. The first-order valence-corrected chi connectivity index (χ1v) is 7.21. The van der Waals surface area contributed by atoms with E-state index >= 15 is 0 Å². The standard InChI is InChI=1S/C16H16N4O2/c17-7-11-6-16(19-10-18-11)22-15-3-1-2-14-13(15)4-5-20(14)12-8-21-9-12/h1-6,10,12H,7-9,17H2. The van der Waals surface area contributed by atoms with Crippen LogP contribution in [0.25, 0.3) is 10.9 Å². The van der Waals surface area contributed by atoms with Gasteiger partial charge in [0.25, 0.3) is 0 Å². The minimum absolute atomic E-state index is 0.362. The molecule has 112 valence electrons. The lowest BCUT2D eigenvalue weighted by Crippen LogP contribution is -2.29. The van der Waals surface area contributed by atoms with Crippen molar-refractivity contribution in [2.45, 2.75) is 12.6 Å². The monoisotopic (exact) mass is 296 g/mol. The van der Waals surface area contributed by atoms with Crippen molar-refractivity contribution in [1.82, 2.24) is 14.5 Å². The Kier molecular flexibility index (Phi) is 3.25. The summed E-state index contributed by atoms with van der Waals surface area (Å²) in [6.07, 6.45) is 3.55. The Labute approximate surface area is 127 Å². The first-order chi connectivity index (χ1) is 10.8. The Bertz CT molecular complexity index is 811. The molecule has 1 saturated heterocycles. The Morgan fingerprint density at radius 2 is 2.18 bits per heavy atom. The lowest BCUT2D eigenvalue weighted by molar-refractivity contribution is -0.0213. The van der Waals surface area contributed by atoms with Gasteiger partial charge in [0.1, 0.15) is 12.1 Å². The molecule has 22 heavy (non-hydrogen) atoms. The van der Waals surface area contributed by atoms with Gasteiger partial charge in [-0.15, -0.1) is 0 Å². The highest BCUT2D eigenvalue weighted by atomic mass is 16.5. The molecule has 0 aliphatic carbocycles. The van der Waals surface area contributed by atoms with Crippen molar-refractivity contribution in [1.29, 1.82) is 0 Å². The topological polar surface area (TPSA) is 75.2 Å². The smallest absolute Gasteiger partial charge is 0.222 e. The predicted molar refractivity (Wildman–Crippen MR) is 81.8 cm³/mol. The average molecular weight is 296 g/mol. The highest BCUT2D eigenvalue weighted by Gasteiger charge is 2.22. The molecule has 0 amide bonds. The average Bonchev–Trinajstić information content (AvgIpc) is 2.91. The number of rotatable bonds is 4. The van der Waals surface area contributed by atoms with E-state index in [-0.39, 0.29) is 0 Å². The quantitative estimate of drug-likeness (QED) is 0.799. The van der Waals surface area contributed by atoms with Gasteiger partial charge in [-0.05, 0) is 18.2 Å². The summed E-state index contributed by atoms with van der Waals surface area (Å²) in [6, 6.07) is 10.2. The molecule has 1 aliphatic rings. The van der Waals surface area contributed by atoms with E-state index in [2.05, 4.69) is 32.9 Å².